The van der Waals surface area contributed by atoms with Crippen LogP contribution in [0.3, 0.4) is 0 Å². The molecule has 0 radical (unpaired) electrons. The fourth-order valence-corrected chi connectivity index (χ4v) is 3.32. The standard InChI is InChI=1S/C13H18N2O4S/c1-14(9-10-5-3-6-10)11-7-4-8-12(20(2,18)19)13(11)15(16)17/h4,7-8,10H,3,5-6,9H2,1-2H3. The van der Waals surface area contributed by atoms with Crippen LogP contribution in [0.4, 0.5) is 11.4 Å². The predicted octanol–water partition coefficient (Wildman–Crippen LogP) is 2.23. The van der Waals surface area contributed by atoms with E-state index in [-0.39, 0.29) is 10.6 Å². The van der Waals surface area contributed by atoms with Gasteiger partial charge in [-0.15, -0.1) is 0 Å². The molecule has 1 fully saturated rings. The van der Waals surface area contributed by atoms with Crippen molar-refractivity contribution in [2.45, 2.75) is 24.2 Å². The highest BCUT2D eigenvalue weighted by Crippen LogP contribution is 2.36. The van der Waals surface area contributed by atoms with Crippen LogP contribution in [0.25, 0.3) is 0 Å². The average Bonchev–Trinajstić information content (AvgIpc) is 2.31. The van der Waals surface area contributed by atoms with Gasteiger partial charge in [0.25, 0.3) is 0 Å². The third-order valence-electron chi connectivity index (χ3n) is 3.73. The second kappa shape index (κ2) is 5.40. The number of hydrogen-bond acceptors (Lipinski definition) is 5. The minimum atomic E-state index is -3.62. The molecule has 1 aliphatic rings. The Kier molecular flexibility index (Phi) is 3.99. The summed E-state index contributed by atoms with van der Waals surface area (Å²) in [4.78, 5) is 12.2. The van der Waals surface area contributed by atoms with E-state index in [9.17, 15) is 18.5 Å². The molecule has 2 rings (SSSR count). The van der Waals surface area contributed by atoms with Gasteiger partial charge >= 0.3 is 5.69 Å². The Balaban J connectivity index is 2.43. The quantitative estimate of drug-likeness (QED) is 0.615. The molecule has 0 heterocycles. The van der Waals surface area contributed by atoms with E-state index in [1.54, 1.807) is 24.1 Å². The summed E-state index contributed by atoms with van der Waals surface area (Å²) in [6.07, 6.45) is 4.45. The summed E-state index contributed by atoms with van der Waals surface area (Å²) in [5, 5.41) is 11.3. The van der Waals surface area contributed by atoms with Gasteiger partial charge in [-0.05, 0) is 30.9 Å². The number of benzene rings is 1. The minimum Gasteiger partial charge on any atom is -0.369 e. The maximum atomic E-state index is 11.7. The van der Waals surface area contributed by atoms with Gasteiger partial charge in [0.2, 0.25) is 0 Å². The van der Waals surface area contributed by atoms with Gasteiger partial charge in [-0.2, -0.15) is 0 Å². The number of sulfone groups is 1. The molecule has 0 aromatic heterocycles. The number of hydrogen-bond donors (Lipinski definition) is 0. The lowest BCUT2D eigenvalue weighted by molar-refractivity contribution is -0.387. The normalized spacial score (nSPS) is 15.7. The summed E-state index contributed by atoms with van der Waals surface area (Å²) in [5.74, 6) is 0.543. The van der Waals surface area contributed by atoms with E-state index in [1.807, 2.05) is 0 Å². The molecule has 1 aliphatic carbocycles. The molecular formula is C13H18N2O4S. The van der Waals surface area contributed by atoms with Crippen molar-refractivity contribution in [1.82, 2.24) is 0 Å². The Morgan fingerprint density at radius 3 is 2.50 bits per heavy atom. The zero-order valence-electron chi connectivity index (χ0n) is 11.6. The van der Waals surface area contributed by atoms with Gasteiger partial charge in [-0.3, -0.25) is 10.1 Å². The highest BCUT2D eigenvalue weighted by atomic mass is 32.2. The third kappa shape index (κ3) is 2.92. The molecule has 20 heavy (non-hydrogen) atoms. The summed E-state index contributed by atoms with van der Waals surface area (Å²) in [7, 11) is -1.85. The topological polar surface area (TPSA) is 80.5 Å². The van der Waals surface area contributed by atoms with Crippen LogP contribution in [0.15, 0.2) is 23.1 Å². The van der Waals surface area contributed by atoms with Crippen LogP contribution in [0.1, 0.15) is 19.3 Å². The predicted molar refractivity (Wildman–Crippen MR) is 76.8 cm³/mol. The lowest BCUT2D eigenvalue weighted by atomic mass is 9.85. The van der Waals surface area contributed by atoms with Crippen molar-refractivity contribution in [2.24, 2.45) is 5.92 Å². The fourth-order valence-electron chi connectivity index (χ4n) is 2.46. The second-order valence-electron chi connectivity index (χ2n) is 5.33. The summed E-state index contributed by atoms with van der Waals surface area (Å²) >= 11 is 0. The smallest absolute Gasteiger partial charge is 0.311 e. The van der Waals surface area contributed by atoms with Crippen molar-refractivity contribution < 1.29 is 13.3 Å². The van der Waals surface area contributed by atoms with Gasteiger partial charge in [-0.25, -0.2) is 8.42 Å². The van der Waals surface area contributed by atoms with E-state index in [0.717, 1.165) is 19.1 Å². The van der Waals surface area contributed by atoms with Crippen LogP contribution in [0, 0.1) is 16.0 Å². The van der Waals surface area contributed by atoms with Crippen LogP contribution in [-0.2, 0) is 9.84 Å². The fraction of sp³-hybridized carbons (Fsp3) is 0.538. The lowest BCUT2D eigenvalue weighted by Gasteiger charge is -2.31. The van der Waals surface area contributed by atoms with Crippen LogP contribution in [-0.4, -0.2) is 33.2 Å². The molecule has 6 nitrogen and oxygen atoms in total. The molecule has 110 valence electrons. The first-order valence-electron chi connectivity index (χ1n) is 6.49. The Morgan fingerprint density at radius 1 is 1.40 bits per heavy atom. The zero-order chi connectivity index (χ0) is 14.9. The van der Waals surface area contributed by atoms with Gasteiger partial charge in [0, 0.05) is 19.8 Å². The molecule has 1 saturated carbocycles. The Labute approximate surface area is 118 Å². The van der Waals surface area contributed by atoms with Crippen molar-refractivity contribution in [1.29, 1.82) is 0 Å². The van der Waals surface area contributed by atoms with Gasteiger partial charge in [0.05, 0.1) is 4.92 Å². The lowest BCUT2D eigenvalue weighted by Crippen LogP contribution is -2.29. The van der Waals surface area contributed by atoms with Gasteiger partial charge in [0.1, 0.15) is 10.6 Å². The van der Waals surface area contributed by atoms with Gasteiger partial charge in [-0.1, -0.05) is 12.5 Å². The second-order valence-corrected chi connectivity index (χ2v) is 7.31. The number of nitro benzene ring substituents is 1. The Hall–Kier alpha value is -1.63. The van der Waals surface area contributed by atoms with Crippen molar-refractivity contribution in [2.75, 3.05) is 24.7 Å². The Bertz CT molecular complexity index is 623. The maximum absolute atomic E-state index is 11.7. The van der Waals surface area contributed by atoms with E-state index in [1.165, 1.54) is 12.5 Å². The first-order chi connectivity index (χ1) is 9.30. The van der Waals surface area contributed by atoms with Crippen molar-refractivity contribution in [3.05, 3.63) is 28.3 Å². The molecule has 0 aliphatic heterocycles. The number of rotatable bonds is 5. The Morgan fingerprint density at radius 2 is 2.05 bits per heavy atom. The van der Waals surface area contributed by atoms with E-state index in [0.29, 0.717) is 18.2 Å². The molecule has 0 spiro atoms. The zero-order valence-corrected chi connectivity index (χ0v) is 12.4. The molecule has 0 atom stereocenters. The van der Waals surface area contributed by atoms with Crippen LogP contribution >= 0.6 is 0 Å². The molecule has 0 bridgehead atoms. The summed E-state index contributed by atoms with van der Waals surface area (Å²) in [5.41, 5.74) is 0.0432. The molecule has 0 amide bonds. The monoisotopic (exact) mass is 298 g/mol. The summed E-state index contributed by atoms with van der Waals surface area (Å²) in [6, 6.07) is 4.44. The molecule has 0 N–H and O–H groups in total. The molecule has 0 unspecified atom stereocenters. The van der Waals surface area contributed by atoms with Crippen LogP contribution in [0.2, 0.25) is 0 Å². The van der Waals surface area contributed by atoms with E-state index in [4.69, 9.17) is 0 Å². The van der Waals surface area contributed by atoms with Gasteiger partial charge < -0.3 is 4.90 Å². The van der Waals surface area contributed by atoms with Crippen molar-refractivity contribution in [3.8, 4) is 0 Å². The molecule has 7 heteroatoms. The summed E-state index contributed by atoms with van der Waals surface area (Å²) in [6.45, 7) is 0.716. The SMILES string of the molecule is CN(CC1CCC1)c1cccc(S(C)(=O)=O)c1[N+](=O)[O-]. The first kappa shape index (κ1) is 14.8. The first-order valence-corrected chi connectivity index (χ1v) is 8.38. The summed E-state index contributed by atoms with van der Waals surface area (Å²) < 4.78 is 23.4. The highest BCUT2D eigenvalue weighted by molar-refractivity contribution is 7.90. The third-order valence-corrected chi connectivity index (χ3v) is 4.86. The molecular weight excluding hydrogens is 280 g/mol. The van der Waals surface area contributed by atoms with Gasteiger partial charge in [0.15, 0.2) is 9.84 Å². The van der Waals surface area contributed by atoms with E-state index in [2.05, 4.69) is 0 Å². The van der Waals surface area contributed by atoms with Crippen LogP contribution < -0.4 is 4.90 Å². The average molecular weight is 298 g/mol. The minimum absolute atomic E-state index is 0.222. The van der Waals surface area contributed by atoms with E-state index < -0.39 is 14.8 Å². The number of nitro groups is 1. The van der Waals surface area contributed by atoms with E-state index >= 15 is 0 Å². The molecule has 1 aromatic rings. The van der Waals surface area contributed by atoms with Crippen molar-refractivity contribution >= 4 is 21.2 Å². The number of nitrogens with zero attached hydrogens (tertiary/aromatic N) is 2. The van der Waals surface area contributed by atoms with Crippen molar-refractivity contribution in [3.63, 3.8) is 0 Å². The molecule has 0 saturated heterocycles. The highest BCUT2D eigenvalue weighted by Gasteiger charge is 2.29. The number of anilines is 1. The maximum Gasteiger partial charge on any atom is 0.311 e. The number of para-hydroxylation sites is 1. The van der Waals surface area contributed by atoms with Crippen LogP contribution in [0.5, 0.6) is 0 Å². The molecule has 1 aromatic carbocycles. The largest absolute Gasteiger partial charge is 0.369 e.